The van der Waals surface area contributed by atoms with Gasteiger partial charge in [-0.3, -0.25) is 0 Å². The van der Waals surface area contributed by atoms with Gasteiger partial charge in [0, 0.05) is 30.0 Å². The third-order valence-electron chi connectivity index (χ3n) is 2.95. The molecule has 0 amide bonds. The third kappa shape index (κ3) is 2.93. The Morgan fingerprint density at radius 1 is 1.39 bits per heavy atom. The van der Waals surface area contributed by atoms with E-state index in [4.69, 9.17) is 0 Å². The van der Waals surface area contributed by atoms with Gasteiger partial charge < -0.3 is 10.0 Å². The molecular weight excluding hydrogens is 292 g/mol. The molecule has 2 rings (SSSR count). The number of alkyl halides is 1. The minimum Gasteiger partial charge on any atom is -0.508 e. The lowest BCUT2D eigenvalue weighted by Crippen LogP contribution is -2.21. The Morgan fingerprint density at radius 3 is 2.89 bits per heavy atom. The van der Waals surface area contributed by atoms with Crippen molar-refractivity contribution < 1.29 is 5.11 Å². The van der Waals surface area contributed by atoms with Crippen molar-refractivity contribution in [1.29, 1.82) is 0 Å². The highest BCUT2D eigenvalue weighted by Crippen LogP contribution is 2.27. The molecule has 1 unspecified atom stereocenters. The molecule has 0 saturated carbocycles. The predicted octanol–water partition coefficient (Wildman–Crippen LogP) is 3.55. The molecule has 0 aliphatic rings. The number of phenolic OH excluding ortho intramolecular Hbond substituents is 1. The Hall–Kier alpha value is -1.29. The number of phenols is 1. The fraction of sp³-hybridized carbons (Fsp3) is 0.357. The zero-order chi connectivity index (χ0) is 13.1. The van der Waals surface area contributed by atoms with E-state index in [9.17, 15) is 5.11 Å². The van der Waals surface area contributed by atoms with Crippen LogP contribution in [0.5, 0.6) is 5.75 Å². The van der Waals surface area contributed by atoms with Crippen molar-refractivity contribution in [2.45, 2.75) is 18.2 Å². The Morgan fingerprint density at radius 2 is 2.17 bits per heavy atom. The summed E-state index contributed by atoms with van der Waals surface area (Å²) in [6.45, 7) is 3.06. The molecule has 0 aliphatic carbocycles. The summed E-state index contributed by atoms with van der Waals surface area (Å²) in [5, 5.41) is 11.7. The molecule has 1 aromatic carbocycles. The standard InChI is InChI=1S/C14H17BrN2O/c1-10(15)6-8-17(2)14-13-9-12(18)4-3-11(13)5-7-16-14/h3-5,7,9-10,18H,6,8H2,1-2H3. The zero-order valence-corrected chi connectivity index (χ0v) is 12.2. The van der Waals surface area contributed by atoms with Crippen LogP contribution >= 0.6 is 15.9 Å². The molecule has 2 aromatic rings. The summed E-state index contributed by atoms with van der Waals surface area (Å²) in [6.07, 6.45) is 2.86. The van der Waals surface area contributed by atoms with Crippen LogP contribution in [0.4, 0.5) is 5.82 Å². The molecule has 1 heterocycles. The topological polar surface area (TPSA) is 36.4 Å². The number of anilines is 1. The van der Waals surface area contributed by atoms with E-state index < -0.39 is 0 Å². The van der Waals surface area contributed by atoms with Gasteiger partial charge in [-0.15, -0.1) is 0 Å². The van der Waals surface area contributed by atoms with Gasteiger partial charge in [-0.25, -0.2) is 4.98 Å². The maximum atomic E-state index is 9.60. The number of halogens is 1. The second-order valence-corrected chi connectivity index (χ2v) is 6.09. The highest BCUT2D eigenvalue weighted by atomic mass is 79.9. The van der Waals surface area contributed by atoms with E-state index in [1.165, 1.54) is 0 Å². The fourth-order valence-electron chi connectivity index (χ4n) is 1.92. The lowest BCUT2D eigenvalue weighted by molar-refractivity contribution is 0.476. The highest BCUT2D eigenvalue weighted by molar-refractivity contribution is 9.09. The molecule has 0 aliphatic heterocycles. The van der Waals surface area contributed by atoms with Crippen LogP contribution in [0.15, 0.2) is 30.5 Å². The number of hydrogen-bond acceptors (Lipinski definition) is 3. The van der Waals surface area contributed by atoms with Gasteiger partial charge in [-0.2, -0.15) is 0 Å². The van der Waals surface area contributed by atoms with Crippen LogP contribution in [0.3, 0.4) is 0 Å². The van der Waals surface area contributed by atoms with Crippen LogP contribution in [-0.2, 0) is 0 Å². The largest absolute Gasteiger partial charge is 0.508 e. The van der Waals surface area contributed by atoms with Crippen LogP contribution in [0.1, 0.15) is 13.3 Å². The number of pyridine rings is 1. The molecule has 0 bridgehead atoms. The van der Waals surface area contributed by atoms with E-state index in [1.807, 2.05) is 25.4 Å². The van der Waals surface area contributed by atoms with Gasteiger partial charge in [0.05, 0.1) is 0 Å². The average Bonchev–Trinajstić information content (AvgIpc) is 2.35. The summed E-state index contributed by atoms with van der Waals surface area (Å²) in [5.74, 6) is 1.19. The Kier molecular flexibility index (Phi) is 4.07. The molecular formula is C14H17BrN2O. The lowest BCUT2D eigenvalue weighted by Gasteiger charge is -2.20. The zero-order valence-electron chi connectivity index (χ0n) is 10.6. The van der Waals surface area contributed by atoms with E-state index in [1.54, 1.807) is 12.1 Å². The minimum atomic E-state index is 0.277. The SMILES string of the molecule is CC(Br)CCN(C)c1nccc2ccc(O)cc12. The summed E-state index contributed by atoms with van der Waals surface area (Å²) in [6, 6.07) is 7.34. The van der Waals surface area contributed by atoms with Gasteiger partial charge in [-0.05, 0) is 30.0 Å². The second-order valence-electron chi connectivity index (χ2n) is 4.53. The first kappa shape index (κ1) is 13.1. The maximum Gasteiger partial charge on any atom is 0.136 e. The molecule has 0 fully saturated rings. The molecule has 18 heavy (non-hydrogen) atoms. The van der Waals surface area contributed by atoms with Gasteiger partial charge in [-0.1, -0.05) is 28.9 Å². The van der Waals surface area contributed by atoms with E-state index in [2.05, 4.69) is 32.7 Å². The normalized spacial score (nSPS) is 12.6. The number of fused-ring (bicyclic) bond motifs is 1. The molecule has 0 spiro atoms. The summed E-state index contributed by atoms with van der Waals surface area (Å²) < 4.78 is 0. The maximum absolute atomic E-state index is 9.60. The first-order valence-corrected chi connectivity index (χ1v) is 6.92. The molecule has 0 saturated heterocycles. The molecule has 96 valence electrons. The van der Waals surface area contributed by atoms with Gasteiger partial charge in [0.15, 0.2) is 0 Å². The molecule has 4 heteroatoms. The number of aromatic hydroxyl groups is 1. The van der Waals surface area contributed by atoms with Crippen LogP contribution in [-0.4, -0.2) is 28.5 Å². The van der Waals surface area contributed by atoms with E-state index in [0.29, 0.717) is 4.83 Å². The summed E-state index contributed by atoms with van der Waals surface area (Å²) in [7, 11) is 2.03. The quantitative estimate of drug-likeness (QED) is 0.878. The van der Waals surface area contributed by atoms with E-state index in [-0.39, 0.29) is 5.75 Å². The third-order valence-corrected chi connectivity index (χ3v) is 3.41. The number of rotatable bonds is 4. The van der Waals surface area contributed by atoms with Crippen molar-refractivity contribution in [2.75, 3.05) is 18.5 Å². The molecule has 1 aromatic heterocycles. The first-order valence-electron chi connectivity index (χ1n) is 6.01. The predicted molar refractivity (Wildman–Crippen MR) is 79.7 cm³/mol. The van der Waals surface area contributed by atoms with Gasteiger partial charge in [0.2, 0.25) is 0 Å². The Balaban J connectivity index is 2.34. The van der Waals surface area contributed by atoms with Crippen molar-refractivity contribution in [3.05, 3.63) is 30.5 Å². The summed E-state index contributed by atoms with van der Waals surface area (Å²) >= 11 is 3.55. The Labute approximate surface area is 116 Å². The summed E-state index contributed by atoms with van der Waals surface area (Å²) in [4.78, 5) is 7.04. The second kappa shape index (κ2) is 5.57. The molecule has 0 radical (unpaired) electrons. The van der Waals surface area contributed by atoms with Gasteiger partial charge in [0.1, 0.15) is 11.6 Å². The molecule has 1 atom stereocenters. The monoisotopic (exact) mass is 308 g/mol. The minimum absolute atomic E-state index is 0.277. The fourth-order valence-corrected chi connectivity index (χ4v) is 2.13. The van der Waals surface area contributed by atoms with Crippen LogP contribution in [0, 0.1) is 0 Å². The number of hydrogen-bond donors (Lipinski definition) is 1. The van der Waals surface area contributed by atoms with Crippen molar-refractivity contribution in [2.24, 2.45) is 0 Å². The van der Waals surface area contributed by atoms with Crippen molar-refractivity contribution in [3.8, 4) is 5.75 Å². The van der Waals surface area contributed by atoms with E-state index >= 15 is 0 Å². The molecule has 1 N–H and O–H groups in total. The highest BCUT2D eigenvalue weighted by Gasteiger charge is 2.09. The van der Waals surface area contributed by atoms with Crippen molar-refractivity contribution >= 4 is 32.5 Å². The van der Waals surface area contributed by atoms with Gasteiger partial charge >= 0.3 is 0 Å². The average molecular weight is 309 g/mol. The van der Waals surface area contributed by atoms with E-state index in [0.717, 1.165) is 29.6 Å². The Bertz CT molecular complexity index is 542. The van der Waals surface area contributed by atoms with Gasteiger partial charge in [0.25, 0.3) is 0 Å². The van der Waals surface area contributed by atoms with Crippen molar-refractivity contribution in [3.63, 3.8) is 0 Å². The number of benzene rings is 1. The number of nitrogens with zero attached hydrogens (tertiary/aromatic N) is 2. The van der Waals surface area contributed by atoms with Crippen LogP contribution in [0.25, 0.3) is 10.8 Å². The van der Waals surface area contributed by atoms with Crippen molar-refractivity contribution in [1.82, 2.24) is 4.98 Å². The smallest absolute Gasteiger partial charge is 0.136 e. The number of aromatic nitrogens is 1. The molecule has 3 nitrogen and oxygen atoms in total. The first-order chi connectivity index (χ1) is 8.58. The summed E-state index contributed by atoms with van der Waals surface area (Å²) in [5.41, 5.74) is 0. The lowest BCUT2D eigenvalue weighted by atomic mass is 10.1. The van der Waals surface area contributed by atoms with Crippen LogP contribution in [0.2, 0.25) is 0 Å². The van der Waals surface area contributed by atoms with Crippen LogP contribution < -0.4 is 4.90 Å².